The van der Waals surface area contributed by atoms with Crippen LogP contribution in [0.15, 0.2) is 60.8 Å². The van der Waals surface area contributed by atoms with Crippen molar-refractivity contribution >= 4 is 40.3 Å². The van der Waals surface area contributed by atoms with Crippen LogP contribution in [0.2, 0.25) is 10.0 Å². The Morgan fingerprint density at radius 3 is 2.65 bits per heavy atom. The predicted octanol–water partition coefficient (Wildman–Crippen LogP) is 5.38. The monoisotopic (exact) mass is 382 g/mol. The minimum atomic E-state index is 0.0974. The lowest BCUT2D eigenvalue weighted by Gasteiger charge is -2.30. The number of fused-ring (bicyclic) bond motifs is 1. The molecule has 0 radical (unpaired) electrons. The van der Waals surface area contributed by atoms with Crippen LogP contribution >= 0.6 is 23.2 Å². The van der Waals surface area contributed by atoms with Gasteiger partial charge in [0, 0.05) is 23.3 Å². The highest BCUT2D eigenvalue weighted by molar-refractivity contribution is 6.37. The maximum atomic E-state index is 8.63. The third-order valence-electron chi connectivity index (χ3n) is 4.41. The molecule has 0 aliphatic carbocycles. The van der Waals surface area contributed by atoms with E-state index in [1.807, 2.05) is 24.3 Å². The van der Waals surface area contributed by atoms with Crippen molar-refractivity contribution in [2.75, 3.05) is 17.2 Å². The second-order valence-corrected chi connectivity index (χ2v) is 6.91. The summed E-state index contributed by atoms with van der Waals surface area (Å²) in [6.07, 6.45) is 1.70. The average molecular weight is 383 g/mol. The van der Waals surface area contributed by atoms with Gasteiger partial charge in [-0.05, 0) is 29.8 Å². The molecule has 0 bridgehead atoms. The van der Waals surface area contributed by atoms with Gasteiger partial charge in [0.15, 0.2) is 0 Å². The molecular formula is C20H16Cl2N4. The molecule has 1 aromatic heterocycles. The van der Waals surface area contributed by atoms with Gasteiger partial charge in [-0.2, -0.15) is 0 Å². The molecule has 6 heteroatoms. The Labute approximate surface area is 161 Å². The van der Waals surface area contributed by atoms with E-state index in [2.05, 4.69) is 27.8 Å². The van der Waals surface area contributed by atoms with Gasteiger partial charge in [-0.15, -0.1) is 0 Å². The molecule has 2 heterocycles. The lowest BCUT2D eigenvalue weighted by atomic mass is 10.0. The first-order chi connectivity index (χ1) is 12.6. The Bertz CT molecular complexity index is 973. The van der Waals surface area contributed by atoms with Crippen molar-refractivity contribution in [1.82, 2.24) is 4.98 Å². The summed E-state index contributed by atoms with van der Waals surface area (Å²) in [5.41, 5.74) is 4.32. The zero-order valence-electron chi connectivity index (χ0n) is 13.8. The largest absolute Gasteiger partial charge is 0.381 e. The van der Waals surface area contributed by atoms with E-state index in [9.17, 15) is 0 Å². The summed E-state index contributed by atoms with van der Waals surface area (Å²) in [6, 6.07) is 17.3. The number of nitrogens with zero attached hydrogens (tertiary/aromatic N) is 1. The van der Waals surface area contributed by atoms with Gasteiger partial charge >= 0.3 is 0 Å². The maximum absolute atomic E-state index is 8.63. The molecule has 3 N–H and O–H groups in total. The molecule has 130 valence electrons. The van der Waals surface area contributed by atoms with E-state index in [0.29, 0.717) is 21.3 Å². The van der Waals surface area contributed by atoms with Crippen molar-refractivity contribution in [1.29, 1.82) is 5.41 Å². The Hall–Kier alpha value is -2.56. The number of hydrogen-bond acceptors (Lipinski definition) is 4. The second kappa shape index (κ2) is 6.98. The fourth-order valence-corrected chi connectivity index (χ4v) is 3.59. The molecule has 1 unspecified atom stereocenters. The van der Waals surface area contributed by atoms with Crippen LogP contribution in [0.25, 0.3) is 0 Å². The molecule has 26 heavy (non-hydrogen) atoms. The van der Waals surface area contributed by atoms with Crippen molar-refractivity contribution in [2.24, 2.45) is 0 Å². The molecule has 1 aliphatic rings. The number of rotatable bonds is 3. The molecule has 4 nitrogen and oxygen atoms in total. The summed E-state index contributed by atoms with van der Waals surface area (Å²) in [5.74, 6) is 0. The number of aromatic nitrogens is 1. The Morgan fingerprint density at radius 1 is 1.08 bits per heavy atom. The predicted molar refractivity (Wildman–Crippen MR) is 108 cm³/mol. The highest BCUT2D eigenvalue weighted by Crippen LogP contribution is 2.35. The third-order valence-corrected chi connectivity index (χ3v) is 4.95. The van der Waals surface area contributed by atoms with Gasteiger partial charge in [-0.25, -0.2) is 0 Å². The third kappa shape index (κ3) is 3.14. The zero-order valence-corrected chi connectivity index (χ0v) is 15.3. The molecule has 2 aromatic carbocycles. The number of benzene rings is 2. The topological polar surface area (TPSA) is 60.8 Å². The van der Waals surface area contributed by atoms with Gasteiger partial charge in [-0.3, -0.25) is 10.4 Å². The van der Waals surface area contributed by atoms with E-state index in [0.717, 1.165) is 17.9 Å². The van der Waals surface area contributed by atoms with Crippen LogP contribution in [0.4, 0.5) is 11.4 Å². The van der Waals surface area contributed by atoms with Crippen molar-refractivity contribution < 1.29 is 0 Å². The number of nitrogens with one attached hydrogen (secondary N) is 3. The molecular weight excluding hydrogens is 367 g/mol. The molecule has 0 saturated heterocycles. The molecule has 1 aliphatic heterocycles. The summed E-state index contributed by atoms with van der Waals surface area (Å²) in [7, 11) is 0. The summed E-state index contributed by atoms with van der Waals surface area (Å²) in [6.45, 7) is 0.759. The lowest BCUT2D eigenvalue weighted by molar-refractivity contribution is 0.801. The van der Waals surface area contributed by atoms with Crippen LogP contribution < -0.4 is 10.6 Å². The highest BCUT2D eigenvalue weighted by atomic mass is 35.5. The minimum absolute atomic E-state index is 0.0974. The first-order valence-electron chi connectivity index (χ1n) is 8.22. The fraction of sp³-hybridized carbons (Fsp3) is 0.100. The number of hydrogen-bond donors (Lipinski definition) is 3. The summed E-state index contributed by atoms with van der Waals surface area (Å²) in [4.78, 5) is 4.44. The smallest absolute Gasteiger partial charge is 0.114 e. The zero-order chi connectivity index (χ0) is 18.1. The Kier molecular flexibility index (Phi) is 4.53. The summed E-state index contributed by atoms with van der Waals surface area (Å²) < 4.78 is 0. The van der Waals surface area contributed by atoms with Crippen molar-refractivity contribution in [3.63, 3.8) is 0 Å². The van der Waals surface area contributed by atoms with Crippen molar-refractivity contribution in [3.8, 4) is 0 Å². The molecule has 0 saturated carbocycles. The van der Waals surface area contributed by atoms with E-state index in [-0.39, 0.29) is 11.8 Å². The van der Waals surface area contributed by atoms with Gasteiger partial charge in [0.25, 0.3) is 0 Å². The summed E-state index contributed by atoms with van der Waals surface area (Å²) >= 11 is 12.3. The second-order valence-electron chi connectivity index (χ2n) is 6.07. The fourth-order valence-electron chi connectivity index (χ4n) is 3.09. The highest BCUT2D eigenvalue weighted by Gasteiger charge is 2.24. The van der Waals surface area contributed by atoms with Gasteiger partial charge in [0.2, 0.25) is 0 Å². The standard InChI is InChI=1S/C20H16Cl2N4/c21-13-6-7-14(15(22)10-13)18(23)20-19-16(8-9-24-20)25-11-17(26-19)12-4-2-1-3-5-12/h1-10,17,23,25-26H,11H2. The van der Waals surface area contributed by atoms with Crippen LogP contribution in [0.3, 0.4) is 0 Å². The summed E-state index contributed by atoms with van der Waals surface area (Å²) in [5, 5.41) is 16.6. The van der Waals surface area contributed by atoms with Gasteiger partial charge in [0.1, 0.15) is 5.69 Å². The van der Waals surface area contributed by atoms with E-state index in [1.54, 1.807) is 24.4 Å². The van der Waals surface area contributed by atoms with Crippen LogP contribution in [0, 0.1) is 5.41 Å². The van der Waals surface area contributed by atoms with Crippen molar-refractivity contribution in [2.45, 2.75) is 6.04 Å². The molecule has 0 spiro atoms. The van der Waals surface area contributed by atoms with Crippen LogP contribution in [-0.2, 0) is 0 Å². The van der Waals surface area contributed by atoms with Crippen LogP contribution in [-0.4, -0.2) is 17.2 Å². The van der Waals surface area contributed by atoms with Crippen molar-refractivity contribution in [3.05, 3.63) is 87.7 Å². The van der Waals surface area contributed by atoms with Gasteiger partial charge in [-0.1, -0.05) is 53.5 Å². The first kappa shape index (κ1) is 16.9. The van der Waals surface area contributed by atoms with E-state index in [1.165, 1.54) is 5.56 Å². The molecule has 0 amide bonds. The van der Waals surface area contributed by atoms with E-state index >= 15 is 0 Å². The number of halogens is 2. The first-order valence-corrected chi connectivity index (χ1v) is 8.98. The molecule has 1 atom stereocenters. The number of anilines is 2. The lowest BCUT2D eigenvalue weighted by Crippen LogP contribution is -2.27. The number of pyridine rings is 1. The minimum Gasteiger partial charge on any atom is -0.381 e. The Morgan fingerprint density at radius 2 is 1.88 bits per heavy atom. The van der Waals surface area contributed by atoms with Gasteiger partial charge in [0.05, 0.1) is 28.2 Å². The molecule has 3 aromatic rings. The van der Waals surface area contributed by atoms with Crippen LogP contribution in [0.1, 0.15) is 22.9 Å². The van der Waals surface area contributed by atoms with E-state index < -0.39 is 0 Å². The SMILES string of the molecule is N=C(c1ccc(Cl)cc1Cl)c1nccc2c1NC(c1ccccc1)CN2. The normalized spacial score (nSPS) is 15.5. The Balaban J connectivity index is 1.72. The molecule has 4 rings (SSSR count). The van der Waals surface area contributed by atoms with Crippen LogP contribution in [0.5, 0.6) is 0 Å². The van der Waals surface area contributed by atoms with E-state index in [4.69, 9.17) is 28.6 Å². The average Bonchev–Trinajstić information content (AvgIpc) is 2.67. The quantitative estimate of drug-likeness (QED) is 0.532. The maximum Gasteiger partial charge on any atom is 0.114 e. The molecule has 0 fully saturated rings. The van der Waals surface area contributed by atoms with Gasteiger partial charge < -0.3 is 10.6 Å².